The normalized spacial score (nSPS) is 19.7. The standard InChI is InChI=1S/C28H36N4O8S2.ClH/c1-2-31-17-26(27(34)24-8-3-4-9-25(24)31)42(37,38)32-12-10-28(11-13-32)15-20(18-40-28)30-16-21(33)19-39-22-6-5-7-23(14-22)41(29,35)36;/h3-9,14,17,20-21,30,33H,2,10-13,15-16,18-19H2,1H3,(H2,29,35,36);1H/t20-,21+;/m1./s1. The smallest absolute Gasteiger partial charge is 0.248 e. The number of halogens is 1. The molecule has 0 bridgehead atoms. The van der Waals surface area contributed by atoms with Crippen LogP contribution in [0, 0.1) is 0 Å². The van der Waals surface area contributed by atoms with Crippen molar-refractivity contribution in [1.29, 1.82) is 0 Å². The highest BCUT2D eigenvalue weighted by molar-refractivity contribution is 7.89. The molecule has 0 unspecified atom stereocenters. The largest absolute Gasteiger partial charge is 0.491 e. The molecule has 3 aromatic rings. The lowest BCUT2D eigenvalue weighted by Crippen LogP contribution is -2.47. The number of nitrogens with two attached hydrogens (primary N) is 1. The molecule has 5 rings (SSSR count). The van der Waals surface area contributed by atoms with Gasteiger partial charge in [0.25, 0.3) is 0 Å². The Morgan fingerprint density at radius 3 is 2.56 bits per heavy atom. The highest BCUT2D eigenvalue weighted by Gasteiger charge is 2.45. The number of hydrogen-bond donors (Lipinski definition) is 3. The molecule has 2 aromatic carbocycles. The number of piperidine rings is 1. The lowest BCUT2D eigenvalue weighted by molar-refractivity contribution is -0.0312. The monoisotopic (exact) mass is 656 g/mol. The average molecular weight is 657 g/mol. The number of nitrogens with zero attached hydrogens (tertiary/aromatic N) is 2. The first-order chi connectivity index (χ1) is 19.9. The van der Waals surface area contributed by atoms with Crippen molar-refractivity contribution in [3.63, 3.8) is 0 Å². The van der Waals surface area contributed by atoms with Gasteiger partial charge in [0, 0.05) is 49.9 Å². The molecule has 1 aromatic heterocycles. The molecule has 1 spiro atoms. The number of pyridine rings is 1. The number of aliphatic hydroxyl groups excluding tert-OH is 1. The number of nitrogens with one attached hydrogen (secondary N) is 1. The van der Waals surface area contributed by atoms with E-state index in [-0.39, 0.29) is 60.2 Å². The van der Waals surface area contributed by atoms with Gasteiger partial charge in [0.2, 0.25) is 25.5 Å². The van der Waals surface area contributed by atoms with E-state index < -0.39 is 37.2 Å². The number of para-hydroxylation sites is 1. The maximum Gasteiger partial charge on any atom is 0.248 e. The number of fused-ring (bicyclic) bond motifs is 1. The third kappa shape index (κ3) is 7.23. The third-order valence-corrected chi connectivity index (χ3v) is 10.8. The summed E-state index contributed by atoms with van der Waals surface area (Å²) >= 11 is 0. The average Bonchev–Trinajstić information content (AvgIpc) is 3.37. The summed E-state index contributed by atoms with van der Waals surface area (Å²) in [5, 5.41) is 19.2. The van der Waals surface area contributed by atoms with Crippen molar-refractivity contribution in [2.45, 2.75) is 60.3 Å². The van der Waals surface area contributed by atoms with Crippen molar-refractivity contribution in [2.24, 2.45) is 5.14 Å². The molecule has 15 heteroatoms. The van der Waals surface area contributed by atoms with Crippen LogP contribution in [0.15, 0.2) is 69.3 Å². The highest BCUT2D eigenvalue weighted by Crippen LogP contribution is 2.37. The van der Waals surface area contributed by atoms with E-state index >= 15 is 0 Å². The van der Waals surface area contributed by atoms with Crippen LogP contribution in [0.5, 0.6) is 5.75 Å². The predicted molar refractivity (Wildman–Crippen MR) is 164 cm³/mol. The first-order valence-electron chi connectivity index (χ1n) is 13.9. The molecule has 4 N–H and O–H groups in total. The van der Waals surface area contributed by atoms with Gasteiger partial charge >= 0.3 is 0 Å². The summed E-state index contributed by atoms with van der Waals surface area (Å²) < 4.78 is 65.0. The minimum Gasteiger partial charge on any atom is -0.491 e. The quantitative estimate of drug-likeness (QED) is 0.292. The summed E-state index contributed by atoms with van der Waals surface area (Å²) in [5.74, 6) is 0.280. The fourth-order valence-corrected chi connectivity index (χ4v) is 7.75. The van der Waals surface area contributed by atoms with Crippen LogP contribution in [0.2, 0.25) is 0 Å². The number of rotatable bonds is 10. The van der Waals surface area contributed by atoms with Crippen molar-refractivity contribution < 1.29 is 31.4 Å². The van der Waals surface area contributed by atoms with Crippen LogP contribution in [0.1, 0.15) is 26.2 Å². The minimum absolute atomic E-state index is 0. The molecule has 2 aliphatic heterocycles. The SMILES string of the molecule is CCn1cc(S(=O)(=O)N2CCC3(CC2)C[C@@H](NC[C@H](O)COc2cccc(S(N)(=O)=O)c2)CO3)c(=O)c2ccccc21.Cl. The molecule has 2 atom stereocenters. The summed E-state index contributed by atoms with van der Waals surface area (Å²) in [4.78, 5) is 12.9. The molecule has 2 aliphatic rings. The fraction of sp³-hybridized carbons (Fsp3) is 0.464. The second-order valence-corrected chi connectivity index (χ2v) is 14.3. The lowest BCUT2D eigenvalue weighted by atomic mass is 9.88. The van der Waals surface area contributed by atoms with Gasteiger partial charge in [0.05, 0.1) is 22.6 Å². The maximum atomic E-state index is 13.6. The third-order valence-electron chi connectivity index (χ3n) is 7.97. The minimum atomic E-state index is -4.00. The maximum absolute atomic E-state index is 13.6. The second kappa shape index (κ2) is 13.2. The van der Waals surface area contributed by atoms with Crippen LogP contribution in [0.4, 0.5) is 0 Å². The van der Waals surface area contributed by atoms with Gasteiger partial charge in [-0.3, -0.25) is 4.79 Å². The molecule has 0 saturated carbocycles. The zero-order valence-electron chi connectivity index (χ0n) is 23.7. The summed E-state index contributed by atoms with van der Waals surface area (Å²) in [6.45, 7) is 3.50. The molecule has 3 heterocycles. The van der Waals surface area contributed by atoms with Gasteiger partial charge in [-0.25, -0.2) is 22.0 Å². The Morgan fingerprint density at radius 1 is 1.14 bits per heavy atom. The Hall–Kier alpha value is -2.56. The number of aliphatic hydroxyl groups is 1. The molecule has 2 fully saturated rings. The Labute approximate surface area is 257 Å². The molecular formula is C28H37ClN4O8S2. The van der Waals surface area contributed by atoms with Gasteiger partial charge in [0.15, 0.2) is 0 Å². The molecular weight excluding hydrogens is 620 g/mol. The number of benzene rings is 2. The molecule has 0 radical (unpaired) electrons. The van der Waals surface area contributed by atoms with Crippen LogP contribution in [0.3, 0.4) is 0 Å². The molecule has 236 valence electrons. The molecule has 0 amide bonds. The zero-order chi connectivity index (χ0) is 30.1. The van der Waals surface area contributed by atoms with Gasteiger partial charge in [-0.2, -0.15) is 4.31 Å². The molecule has 2 saturated heterocycles. The van der Waals surface area contributed by atoms with Crippen molar-refractivity contribution in [2.75, 3.05) is 32.8 Å². The Bertz CT molecular complexity index is 1720. The lowest BCUT2D eigenvalue weighted by Gasteiger charge is -2.38. The second-order valence-electron chi connectivity index (χ2n) is 10.8. The first kappa shape index (κ1) is 33.3. The fourth-order valence-electron chi connectivity index (χ4n) is 5.66. The summed E-state index contributed by atoms with van der Waals surface area (Å²) in [6, 6.07) is 12.7. The van der Waals surface area contributed by atoms with Gasteiger partial charge in [-0.05, 0) is 50.5 Å². The van der Waals surface area contributed by atoms with E-state index in [1.807, 2.05) is 19.1 Å². The van der Waals surface area contributed by atoms with E-state index in [1.54, 1.807) is 22.8 Å². The van der Waals surface area contributed by atoms with Gasteiger partial charge < -0.3 is 24.5 Å². The number of sulfonamides is 2. The van der Waals surface area contributed by atoms with Crippen molar-refractivity contribution in [3.8, 4) is 5.75 Å². The Kier molecular flexibility index (Phi) is 10.2. The summed E-state index contributed by atoms with van der Waals surface area (Å²) in [7, 11) is -7.85. The summed E-state index contributed by atoms with van der Waals surface area (Å²) in [5.41, 5.74) is -0.268. The Morgan fingerprint density at radius 2 is 1.86 bits per heavy atom. The number of primary sulfonamides is 1. The van der Waals surface area contributed by atoms with Crippen LogP contribution < -0.4 is 20.6 Å². The van der Waals surface area contributed by atoms with Crippen LogP contribution in [-0.2, 0) is 31.3 Å². The van der Waals surface area contributed by atoms with Gasteiger partial charge in [-0.15, -0.1) is 12.4 Å². The number of aryl methyl sites for hydroxylation is 1. The predicted octanol–water partition coefficient (Wildman–Crippen LogP) is 1.43. The van der Waals surface area contributed by atoms with E-state index in [4.69, 9.17) is 14.6 Å². The first-order valence-corrected chi connectivity index (χ1v) is 16.8. The zero-order valence-corrected chi connectivity index (χ0v) is 26.2. The molecule has 12 nitrogen and oxygen atoms in total. The van der Waals surface area contributed by atoms with E-state index in [9.17, 15) is 26.7 Å². The molecule has 43 heavy (non-hydrogen) atoms. The number of ether oxygens (including phenoxy) is 2. The van der Waals surface area contributed by atoms with Gasteiger partial charge in [0.1, 0.15) is 23.4 Å². The van der Waals surface area contributed by atoms with E-state index in [0.29, 0.717) is 43.3 Å². The van der Waals surface area contributed by atoms with Crippen molar-refractivity contribution in [3.05, 3.63) is 65.0 Å². The van der Waals surface area contributed by atoms with Crippen LogP contribution >= 0.6 is 12.4 Å². The van der Waals surface area contributed by atoms with E-state index in [0.717, 1.165) is 0 Å². The van der Waals surface area contributed by atoms with Gasteiger partial charge in [-0.1, -0.05) is 18.2 Å². The molecule has 0 aliphatic carbocycles. The van der Waals surface area contributed by atoms with E-state index in [1.165, 1.54) is 28.7 Å². The Balaban J connectivity index is 0.00000423. The van der Waals surface area contributed by atoms with E-state index in [2.05, 4.69) is 5.32 Å². The topological polar surface area (TPSA) is 170 Å². The summed E-state index contributed by atoms with van der Waals surface area (Å²) in [6.07, 6.45) is 2.23. The number of hydrogen-bond acceptors (Lipinski definition) is 9. The van der Waals surface area contributed by atoms with Crippen LogP contribution in [0.25, 0.3) is 10.9 Å². The highest BCUT2D eigenvalue weighted by atomic mass is 35.5. The number of aromatic nitrogens is 1. The van der Waals surface area contributed by atoms with Crippen molar-refractivity contribution in [1.82, 2.24) is 14.2 Å². The van der Waals surface area contributed by atoms with Crippen LogP contribution in [-0.4, -0.2) is 81.4 Å². The van der Waals surface area contributed by atoms with Crippen molar-refractivity contribution >= 4 is 43.4 Å².